The number of nitrogens with one attached hydrogen (secondary N) is 1. The van der Waals surface area contributed by atoms with Gasteiger partial charge in [-0.1, -0.05) is 30.3 Å². The summed E-state index contributed by atoms with van der Waals surface area (Å²) in [5.74, 6) is 2.00. The third-order valence-corrected chi connectivity index (χ3v) is 5.16. The van der Waals surface area contributed by atoms with Crippen molar-refractivity contribution in [2.45, 2.75) is 11.4 Å². The zero-order valence-corrected chi connectivity index (χ0v) is 15.1. The molecule has 26 heavy (non-hydrogen) atoms. The van der Waals surface area contributed by atoms with Crippen LogP contribution in [0.5, 0.6) is 17.2 Å². The highest BCUT2D eigenvalue weighted by atomic mass is 32.2. The maximum Gasteiger partial charge on any atom is 0.240 e. The number of hydrogen-bond acceptors (Lipinski definition) is 4. The summed E-state index contributed by atoms with van der Waals surface area (Å²) in [6.45, 7) is 0.203. The lowest BCUT2D eigenvalue weighted by Gasteiger charge is -2.09. The number of methoxy groups -OCH3 is 1. The molecule has 0 saturated heterocycles. The van der Waals surface area contributed by atoms with Crippen molar-refractivity contribution in [1.29, 1.82) is 0 Å². The predicted octanol–water partition coefficient (Wildman–Crippen LogP) is 3.97. The van der Waals surface area contributed by atoms with E-state index >= 15 is 0 Å². The zero-order valence-electron chi connectivity index (χ0n) is 14.3. The molecule has 0 radical (unpaired) electrons. The largest absolute Gasteiger partial charge is 0.497 e. The predicted molar refractivity (Wildman–Crippen MR) is 100.0 cm³/mol. The summed E-state index contributed by atoms with van der Waals surface area (Å²) >= 11 is 0. The van der Waals surface area contributed by atoms with E-state index in [2.05, 4.69) is 4.72 Å². The number of sulfonamides is 1. The first-order valence-electron chi connectivity index (χ1n) is 8.02. The van der Waals surface area contributed by atoms with Crippen LogP contribution in [0.1, 0.15) is 5.56 Å². The summed E-state index contributed by atoms with van der Waals surface area (Å²) in [4.78, 5) is 0.187. The molecule has 0 unspecified atom stereocenters. The maximum atomic E-state index is 12.4. The number of ether oxygens (including phenoxy) is 2. The van der Waals surface area contributed by atoms with Crippen LogP contribution in [0.25, 0.3) is 0 Å². The Morgan fingerprint density at radius 3 is 1.96 bits per heavy atom. The van der Waals surface area contributed by atoms with Gasteiger partial charge in [0, 0.05) is 6.54 Å². The second-order valence-electron chi connectivity index (χ2n) is 5.56. The fraction of sp³-hybridized carbons (Fsp3) is 0.100. The van der Waals surface area contributed by atoms with Crippen LogP contribution in [0.2, 0.25) is 0 Å². The Morgan fingerprint density at radius 1 is 0.769 bits per heavy atom. The molecular formula is C20H19NO4S. The number of hydrogen-bond donors (Lipinski definition) is 1. The van der Waals surface area contributed by atoms with Crippen molar-refractivity contribution in [2.75, 3.05) is 7.11 Å². The Labute approximate surface area is 153 Å². The molecule has 0 heterocycles. The van der Waals surface area contributed by atoms with Crippen molar-refractivity contribution in [1.82, 2.24) is 4.72 Å². The third kappa shape index (κ3) is 4.62. The first-order chi connectivity index (χ1) is 12.6. The zero-order chi connectivity index (χ0) is 18.4. The van der Waals surface area contributed by atoms with E-state index in [0.717, 1.165) is 11.3 Å². The van der Waals surface area contributed by atoms with Gasteiger partial charge in [0.2, 0.25) is 10.0 Å². The molecule has 1 N–H and O–H groups in total. The van der Waals surface area contributed by atoms with Crippen LogP contribution < -0.4 is 14.2 Å². The van der Waals surface area contributed by atoms with Gasteiger partial charge in [-0.3, -0.25) is 0 Å². The molecule has 6 heteroatoms. The second-order valence-corrected chi connectivity index (χ2v) is 7.33. The summed E-state index contributed by atoms with van der Waals surface area (Å²) in [5.41, 5.74) is 0.846. The lowest BCUT2D eigenvalue weighted by molar-refractivity contribution is 0.414. The molecule has 0 aliphatic carbocycles. The van der Waals surface area contributed by atoms with E-state index in [9.17, 15) is 8.42 Å². The Balaban J connectivity index is 1.64. The molecule has 0 spiro atoms. The fourth-order valence-electron chi connectivity index (χ4n) is 2.32. The van der Waals surface area contributed by atoms with Crippen molar-refractivity contribution in [2.24, 2.45) is 0 Å². The second kappa shape index (κ2) is 8.03. The average Bonchev–Trinajstić information content (AvgIpc) is 2.68. The topological polar surface area (TPSA) is 64.6 Å². The summed E-state index contributed by atoms with van der Waals surface area (Å²) in [7, 11) is -2.01. The van der Waals surface area contributed by atoms with E-state index in [1.165, 1.54) is 12.1 Å². The molecule has 0 aliphatic rings. The molecule has 0 atom stereocenters. The molecule has 0 amide bonds. The van der Waals surface area contributed by atoms with Gasteiger partial charge in [0.15, 0.2) is 0 Å². The summed E-state index contributed by atoms with van der Waals surface area (Å²) in [5, 5.41) is 0. The monoisotopic (exact) mass is 369 g/mol. The molecule has 3 aromatic rings. The van der Waals surface area contributed by atoms with Crippen molar-refractivity contribution in [3.05, 3.63) is 84.4 Å². The van der Waals surface area contributed by atoms with E-state index in [4.69, 9.17) is 9.47 Å². The Hall–Kier alpha value is -2.83. The van der Waals surface area contributed by atoms with Crippen molar-refractivity contribution < 1.29 is 17.9 Å². The average molecular weight is 369 g/mol. The van der Waals surface area contributed by atoms with Crippen molar-refractivity contribution >= 4 is 10.0 Å². The van der Waals surface area contributed by atoms with Crippen LogP contribution in [0.15, 0.2) is 83.8 Å². The van der Waals surface area contributed by atoms with Gasteiger partial charge in [-0.2, -0.15) is 0 Å². The van der Waals surface area contributed by atoms with Gasteiger partial charge in [-0.15, -0.1) is 0 Å². The molecule has 134 valence electrons. The molecule has 3 aromatic carbocycles. The Kier molecular flexibility index (Phi) is 5.55. The van der Waals surface area contributed by atoms with Gasteiger partial charge in [-0.25, -0.2) is 13.1 Å². The van der Waals surface area contributed by atoms with E-state index in [-0.39, 0.29) is 11.4 Å². The SMILES string of the molecule is COc1ccc(CNS(=O)(=O)c2ccc(Oc3ccccc3)cc2)cc1. The molecule has 0 fully saturated rings. The Bertz CT molecular complexity index is 937. The molecule has 0 bridgehead atoms. The van der Waals surface area contributed by atoms with Crippen LogP contribution >= 0.6 is 0 Å². The van der Waals surface area contributed by atoms with Gasteiger partial charge in [-0.05, 0) is 54.1 Å². The number of rotatable bonds is 7. The fourth-order valence-corrected chi connectivity index (χ4v) is 3.33. The van der Waals surface area contributed by atoms with Crippen LogP contribution in [-0.2, 0) is 16.6 Å². The Morgan fingerprint density at radius 2 is 1.35 bits per heavy atom. The van der Waals surface area contributed by atoms with Crippen molar-refractivity contribution in [3.63, 3.8) is 0 Å². The quantitative estimate of drug-likeness (QED) is 0.684. The third-order valence-electron chi connectivity index (χ3n) is 3.74. The van der Waals surface area contributed by atoms with Crippen LogP contribution in [0.3, 0.4) is 0 Å². The van der Waals surface area contributed by atoms with E-state index < -0.39 is 10.0 Å². The van der Waals surface area contributed by atoms with Gasteiger partial charge in [0.25, 0.3) is 0 Å². The van der Waals surface area contributed by atoms with Crippen LogP contribution in [0.4, 0.5) is 0 Å². The molecular weight excluding hydrogens is 350 g/mol. The highest BCUT2D eigenvalue weighted by Crippen LogP contribution is 2.22. The summed E-state index contributed by atoms with van der Waals surface area (Å²) in [6, 6.07) is 22.8. The maximum absolute atomic E-state index is 12.4. The van der Waals surface area contributed by atoms with Crippen LogP contribution in [0, 0.1) is 0 Å². The molecule has 0 saturated carbocycles. The van der Waals surface area contributed by atoms with Gasteiger partial charge < -0.3 is 9.47 Å². The molecule has 5 nitrogen and oxygen atoms in total. The normalized spacial score (nSPS) is 11.1. The summed E-state index contributed by atoms with van der Waals surface area (Å²) < 4.78 is 38.2. The minimum atomic E-state index is -3.60. The van der Waals surface area contributed by atoms with Gasteiger partial charge in [0.1, 0.15) is 17.2 Å². The van der Waals surface area contributed by atoms with E-state index in [1.807, 2.05) is 42.5 Å². The number of para-hydroxylation sites is 1. The lowest BCUT2D eigenvalue weighted by atomic mass is 10.2. The van der Waals surface area contributed by atoms with Crippen LogP contribution in [-0.4, -0.2) is 15.5 Å². The van der Waals surface area contributed by atoms with Gasteiger partial charge in [0.05, 0.1) is 12.0 Å². The molecule has 0 aromatic heterocycles. The minimum Gasteiger partial charge on any atom is -0.497 e. The molecule has 3 rings (SSSR count). The first-order valence-corrected chi connectivity index (χ1v) is 9.51. The summed E-state index contributed by atoms with van der Waals surface area (Å²) in [6.07, 6.45) is 0. The smallest absolute Gasteiger partial charge is 0.240 e. The first kappa shape index (κ1) is 18.0. The highest BCUT2D eigenvalue weighted by Gasteiger charge is 2.13. The molecule has 0 aliphatic heterocycles. The highest BCUT2D eigenvalue weighted by molar-refractivity contribution is 7.89. The van der Waals surface area contributed by atoms with E-state index in [1.54, 1.807) is 31.4 Å². The van der Waals surface area contributed by atoms with Gasteiger partial charge >= 0.3 is 0 Å². The number of benzene rings is 3. The lowest BCUT2D eigenvalue weighted by Crippen LogP contribution is -2.23. The van der Waals surface area contributed by atoms with E-state index in [0.29, 0.717) is 11.5 Å². The minimum absolute atomic E-state index is 0.187. The van der Waals surface area contributed by atoms with Crippen molar-refractivity contribution in [3.8, 4) is 17.2 Å². The standard InChI is InChI=1S/C20H19NO4S/c1-24-17-9-7-16(8-10-17)15-21-26(22,23)20-13-11-19(12-14-20)25-18-5-3-2-4-6-18/h2-14,21H,15H2,1H3.